The van der Waals surface area contributed by atoms with Gasteiger partial charge in [-0.2, -0.15) is 0 Å². The van der Waals surface area contributed by atoms with E-state index in [1.165, 1.54) is 0 Å². The van der Waals surface area contributed by atoms with E-state index in [1.54, 1.807) is 0 Å². The minimum Gasteiger partial charge on any atom is -0.515 e. The summed E-state index contributed by atoms with van der Waals surface area (Å²) < 4.78 is 4.70. The van der Waals surface area contributed by atoms with Crippen LogP contribution in [0, 0.1) is 0 Å². The van der Waals surface area contributed by atoms with Gasteiger partial charge >= 0.3 is 0 Å². The van der Waals surface area contributed by atoms with Crippen LogP contribution in [0.25, 0.3) is 0 Å². The molecule has 0 radical (unpaired) electrons. The van der Waals surface area contributed by atoms with Crippen molar-refractivity contribution in [3.05, 3.63) is 24.2 Å². The Balaban J connectivity index is 2.91. The molecule has 1 rings (SSSR count). The summed E-state index contributed by atoms with van der Waals surface area (Å²) in [5.74, 6) is 0.0324. The van der Waals surface area contributed by atoms with E-state index in [9.17, 15) is 4.79 Å². The molecule has 0 aliphatic carbocycles. The van der Waals surface area contributed by atoms with Crippen molar-refractivity contribution < 1.29 is 14.6 Å². The van der Waals surface area contributed by atoms with Gasteiger partial charge < -0.3 is 9.84 Å². The number of carbonyl (C=O) groups is 1. The summed E-state index contributed by atoms with van der Waals surface area (Å²) in [7, 11) is 0. The zero-order chi connectivity index (χ0) is 6.85. The molecule has 0 aromatic rings. The predicted octanol–water partition coefficient (Wildman–Crippen LogP) is 0.541. The van der Waals surface area contributed by atoms with Crippen LogP contribution in [-0.2, 0) is 9.53 Å². The van der Waals surface area contributed by atoms with Gasteiger partial charge in [-0.05, 0) is 0 Å². The number of aliphatic hydroxyl groups is 1. The minimum absolute atomic E-state index is 0.00519. The number of allylic oxidation sites excluding steroid dienone is 1. The molecule has 0 unspecified atom stereocenters. The Labute approximate surface area is 52.2 Å². The van der Waals surface area contributed by atoms with Crippen LogP contribution >= 0.6 is 0 Å². The SMILES string of the molecule is C=C1OCC(=O)C1=CO. The number of hydrogen-bond donors (Lipinski definition) is 1. The number of Topliss-reactive ketones (excluding diaryl/α,β-unsaturated/α-hetero) is 1. The van der Waals surface area contributed by atoms with Crippen LogP contribution in [0.15, 0.2) is 24.2 Å². The summed E-state index contributed by atoms with van der Waals surface area (Å²) in [6.07, 6.45) is 0.720. The van der Waals surface area contributed by atoms with E-state index in [-0.39, 0.29) is 23.7 Å². The number of aliphatic hydroxyl groups excluding tert-OH is 1. The van der Waals surface area contributed by atoms with E-state index in [0.717, 1.165) is 6.26 Å². The van der Waals surface area contributed by atoms with Crippen molar-refractivity contribution in [3.8, 4) is 0 Å². The summed E-state index contributed by atoms with van der Waals surface area (Å²) in [6, 6.07) is 0. The van der Waals surface area contributed by atoms with Crippen LogP contribution in [0.2, 0.25) is 0 Å². The smallest absolute Gasteiger partial charge is 0.206 e. The van der Waals surface area contributed by atoms with Gasteiger partial charge in [0.2, 0.25) is 5.78 Å². The van der Waals surface area contributed by atoms with Crippen molar-refractivity contribution in [1.29, 1.82) is 0 Å². The molecule has 0 spiro atoms. The molecule has 0 aromatic heterocycles. The van der Waals surface area contributed by atoms with Crippen LogP contribution in [0.5, 0.6) is 0 Å². The third kappa shape index (κ3) is 0.806. The second-order valence-corrected chi connectivity index (χ2v) is 1.68. The topological polar surface area (TPSA) is 46.5 Å². The van der Waals surface area contributed by atoms with Crippen molar-refractivity contribution in [1.82, 2.24) is 0 Å². The van der Waals surface area contributed by atoms with Gasteiger partial charge in [0.05, 0.1) is 11.8 Å². The molecule has 1 N–H and O–H groups in total. The molecule has 0 amide bonds. The molecule has 1 fully saturated rings. The highest BCUT2D eigenvalue weighted by atomic mass is 16.5. The fourth-order valence-corrected chi connectivity index (χ4v) is 0.608. The summed E-state index contributed by atoms with van der Waals surface area (Å²) in [6.45, 7) is 3.39. The molecule has 3 heteroatoms. The number of hydrogen-bond acceptors (Lipinski definition) is 3. The monoisotopic (exact) mass is 126 g/mol. The van der Waals surface area contributed by atoms with Crippen LogP contribution in [0.1, 0.15) is 0 Å². The van der Waals surface area contributed by atoms with Gasteiger partial charge in [-0.1, -0.05) is 6.58 Å². The van der Waals surface area contributed by atoms with Gasteiger partial charge in [-0.15, -0.1) is 0 Å². The van der Waals surface area contributed by atoms with Gasteiger partial charge in [0, 0.05) is 0 Å². The normalized spacial score (nSPS) is 22.9. The molecule has 0 aromatic carbocycles. The third-order valence-corrected chi connectivity index (χ3v) is 1.11. The van der Waals surface area contributed by atoms with Gasteiger partial charge in [0.1, 0.15) is 5.76 Å². The van der Waals surface area contributed by atoms with E-state index in [1.807, 2.05) is 0 Å². The Morgan fingerprint density at radius 2 is 2.44 bits per heavy atom. The van der Waals surface area contributed by atoms with Gasteiger partial charge in [-0.25, -0.2) is 0 Å². The molecule has 1 aliphatic rings. The zero-order valence-electron chi connectivity index (χ0n) is 4.76. The first-order valence-electron chi connectivity index (χ1n) is 2.45. The highest BCUT2D eigenvalue weighted by Crippen LogP contribution is 2.16. The van der Waals surface area contributed by atoms with Crippen molar-refractivity contribution in [3.63, 3.8) is 0 Å². The molecule has 0 atom stereocenters. The van der Waals surface area contributed by atoms with Crippen molar-refractivity contribution in [2.75, 3.05) is 6.61 Å². The molecular weight excluding hydrogens is 120 g/mol. The lowest BCUT2D eigenvalue weighted by Gasteiger charge is -1.89. The molecule has 0 saturated carbocycles. The highest BCUT2D eigenvalue weighted by molar-refractivity contribution is 6.01. The first-order valence-corrected chi connectivity index (χ1v) is 2.45. The third-order valence-electron chi connectivity index (χ3n) is 1.11. The first-order chi connectivity index (χ1) is 4.25. The molecule has 1 heterocycles. The molecule has 9 heavy (non-hydrogen) atoms. The van der Waals surface area contributed by atoms with E-state index in [2.05, 4.69) is 6.58 Å². The Bertz CT molecular complexity index is 172. The number of rotatable bonds is 0. The summed E-state index contributed by atoms with van der Waals surface area (Å²) in [4.78, 5) is 10.6. The lowest BCUT2D eigenvalue weighted by Crippen LogP contribution is -1.96. The maximum absolute atomic E-state index is 10.6. The average molecular weight is 126 g/mol. The van der Waals surface area contributed by atoms with Crippen molar-refractivity contribution in [2.45, 2.75) is 0 Å². The average Bonchev–Trinajstić information content (AvgIpc) is 2.12. The lowest BCUT2D eigenvalue weighted by atomic mass is 10.2. The van der Waals surface area contributed by atoms with Crippen molar-refractivity contribution >= 4 is 5.78 Å². The summed E-state index contributed by atoms with van der Waals surface area (Å²) in [5.41, 5.74) is 0.176. The predicted molar refractivity (Wildman–Crippen MR) is 30.8 cm³/mol. The molecule has 1 saturated heterocycles. The molecule has 48 valence electrons. The Hall–Kier alpha value is -1.25. The van der Waals surface area contributed by atoms with Crippen LogP contribution in [-0.4, -0.2) is 17.5 Å². The zero-order valence-corrected chi connectivity index (χ0v) is 4.76. The fraction of sp³-hybridized carbons (Fsp3) is 0.167. The Kier molecular flexibility index (Phi) is 1.26. The van der Waals surface area contributed by atoms with Crippen LogP contribution in [0.4, 0.5) is 0 Å². The maximum Gasteiger partial charge on any atom is 0.206 e. The molecule has 3 nitrogen and oxygen atoms in total. The standard InChI is InChI=1S/C6H6O3/c1-4-5(2-7)6(8)3-9-4/h2,7H,1,3H2. The molecule has 1 aliphatic heterocycles. The molecular formula is C6H6O3. The first kappa shape index (κ1) is 5.88. The number of ketones is 1. The van der Waals surface area contributed by atoms with Crippen LogP contribution < -0.4 is 0 Å². The lowest BCUT2D eigenvalue weighted by molar-refractivity contribution is -0.115. The second-order valence-electron chi connectivity index (χ2n) is 1.68. The van der Waals surface area contributed by atoms with E-state index in [0.29, 0.717) is 0 Å². The van der Waals surface area contributed by atoms with Gasteiger partial charge in [0.15, 0.2) is 6.61 Å². The second kappa shape index (κ2) is 1.93. The fourth-order valence-electron chi connectivity index (χ4n) is 0.608. The minimum atomic E-state index is -0.220. The van der Waals surface area contributed by atoms with Crippen molar-refractivity contribution in [2.24, 2.45) is 0 Å². The summed E-state index contributed by atoms with van der Waals surface area (Å²) >= 11 is 0. The van der Waals surface area contributed by atoms with Gasteiger partial charge in [0.25, 0.3) is 0 Å². The number of ether oxygens (including phenoxy) is 1. The maximum atomic E-state index is 10.6. The Morgan fingerprint density at radius 3 is 2.67 bits per heavy atom. The van der Waals surface area contributed by atoms with E-state index in [4.69, 9.17) is 9.84 Å². The van der Waals surface area contributed by atoms with E-state index < -0.39 is 0 Å². The van der Waals surface area contributed by atoms with Gasteiger partial charge in [-0.3, -0.25) is 4.79 Å². The highest BCUT2D eigenvalue weighted by Gasteiger charge is 2.22. The number of carbonyl (C=O) groups excluding carboxylic acids is 1. The largest absolute Gasteiger partial charge is 0.515 e. The van der Waals surface area contributed by atoms with E-state index >= 15 is 0 Å². The molecule has 0 bridgehead atoms. The summed E-state index contributed by atoms with van der Waals surface area (Å²) in [5, 5.41) is 8.38. The quantitative estimate of drug-likeness (QED) is 0.380. The van der Waals surface area contributed by atoms with Crippen LogP contribution in [0.3, 0.4) is 0 Å². The Morgan fingerprint density at radius 1 is 1.78 bits per heavy atom.